The first-order chi connectivity index (χ1) is 4.59. The zero-order valence-electron chi connectivity index (χ0n) is 6.44. The molecule has 0 radical (unpaired) electrons. The first-order valence-electron chi connectivity index (χ1n) is 2.93. The third-order valence-electron chi connectivity index (χ3n) is 0.797. The van der Waals surface area contributed by atoms with Crippen molar-refractivity contribution in [2.75, 3.05) is 0 Å². The fourth-order valence-corrected chi connectivity index (χ4v) is 0.302. The highest BCUT2D eigenvalue weighted by atomic mass is 16.1. The SMILES string of the molecule is C=C(C)C(=O)CC.C=C=O. The molecule has 0 aliphatic heterocycles. The highest BCUT2D eigenvalue weighted by Gasteiger charge is 1.93. The summed E-state index contributed by atoms with van der Waals surface area (Å²) >= 11 is 0. The van der Waals surface area contributed by atoms with E-state index in [0.717, 1.165) is 0 Å². The maximum absolute atomic E-state index is 10.4. The van der Waals surface area contributed by atoms with Crippen LogP contribution in [0, 0.1) is 0 Å². The van der Waals surface area contributed by atoms with Gasteiger partial charge in [-0.05, 0) is 19.1 Å². The summed E-state index contributed by atoms with van der Waals surface area (Å²) in [6.45, 7) is 9.72. The van der Waals surface area contributed by atoms with Gasteiger partial charge < -0.3 is 0 Å². The molecule has 0 fully saturated rings. The Morgan fingerprint density at radius 1 is 1.60 bits per heavy atom. The van der Waals surface area contributed by atoms with E-state index in [1.165, 1.54) is 5.94 Å². The average Bonchev–Trinajstić information content (AvgIpc) is 1.88. The number of carbonyl (C=O) groups excluding carboxylic acids is 2. The minimum atomic E-state index is 0.153. The van der Waals surface area contributed by atoms with Gasteiger partial charge in [0.1, 0.15) is 5.94 Å². The summed E-state index contributed by atoms with van der Waals surface area (Å²) in [5.74, 6) is 1.40. The monoisotopic (exact) mass is 140 g/mol. The molecule has 0 N–H and O–H groups in total. The van der Waals surface area contributed by atoms with Crippen LogP contribution in [-0.2, 0) is 9.59 Å². The number of ketones is 1. The quantitative estimate of drug-likeness (QED) is 0.430. The Morgan fingerprint density at radius 2 is 1.90 bits per heavy atom. The largest absolute Gasteiger partial charge is 0.295 e. The Morgan fingerprint density at radius 3 is 1.90 bits per heavy atom. The lowest BCUT2D eigenvalue weighted by Gasteiger charge is -1.87. The number of allylic oxidation sites excluding steroid dienone is 1. The maximum atomic E-state index is 10.4. The summed E-state index contributed by atoms with van der Waals surface area (Å²) in [6, 6.07) is 0. The van der Waals surface area contributed by atoms with Crippen LogP contribution in [0.5, 0.6) is 0 Å². The lowest BCUT2D eigenvalue weighted by atomic mass is 10.2. The molecule has 0 bridgehead atoms. The molecular formula is C8H12O2. The van der Waals surface area contributed by atoms with Crippen molar-refractivity contribution in [1.82, 2.24) is 0 Å². The van der Waals surface area contributed by atoms with Crippen LogP contribution in [0.2, 0.25) is 0 Å². The maximum Gasteiger partial charge on any atom is 0.157 e. The van der Waals surface area contributed by atoms with Crippen molar-refractivity contribution in [1.29, 1.82) is 0 Å². The molecule has 2 heteroatoms. The van der Waals surface area contributed by atoms with Crippen LogP contribution in [0.25, 0.3) is 0 Å². The summed E-state index contributed by atoms with van der Waals surface area (Å²) in [4.78, 5) is 19.0. The molecule has 0 unspecified atom stereocenters. The molecule has 10 heavy (non-hydrogen) atoms. The van der Waals surface area contributed by atoms with Crippen LogP contribution < -0.4 is 0 Å². The Hall–Kier alpha value is -1.14. The highest BCUT2D eigenvalue weighted by molar-refractivity contribution is 5.93. The summed E-state index contributed by atoms with van der Waals surface area (Å²) in [5.41, 5.74) is 0.655. The van der Waals surface area contributed by atoms with Gasteiger partial charge in [-0.3, -0.25) is 4.79 Å². The number of rotatable bonds is 2. The summed E-state index contributed by atoms with van der Waals surface area (Å²) < 4.78 is 0. The fraction of sp³-hybridized carbons (Fsp3) is 0.375. The second-order valence-corrected chi connectivity index (χ2v) is 1.70. The van der Waals surface area contributed by atoms with Crippen molar-refractivity contribution in [2.45, 2.75) is 20.3 Å². The zero-order chi connectivity index (χ0) is 8.57. The molecule has 0 aromatic rings. The van der Waals surface area contributed by atoms with Gasteiger partial charge in [0.05, 0.1) is 0 Å². The fourth-order valence-electron chi connectivity index (χ4n) is 0.302. The molecule has 0 rings (SSSR count). The number of carbonyl (C=O) groups is 1. The molecule has 0 spiro atoms. The summed E-state index contributed by atoms with van der Waals surface area (Å²) in [6.07, 6.45) is 0.579. The molecule has 0 heterocycles. The lowest BCUT2D eigenvalue weighted by molar-refractivity contribution is -0.115. The van der Waals surface area contributed by atoms with Gasteiger partial charge in [0.15, 0.2) is 5.78 Å². The zero-order valence-corrected chi connectivity index (χ0v) is 6.44. The minimum Gasteiger partial charge on any atom is -0.295 e. The lowest BCUT2D eigenvalue weighted by Crippen LogP contribution is -1.93. The highest BCUT2D eigenvalue weighted by Crippen LogP contribution is 1.91. The molecular weight excluding hydrogens is 128 g/mol. The molecule has 56 valence electrons. The second kappa shape index (κ2) is 7.86. The number of hydrogen-bond acceptors (Lipinski definition) is 2. The molecule has 0 saturated carbocycles. The number of hydrogen-bond donors (Lipinski definition) is 0. The third-order valence-corrected chi connectivity index (χ3v) is 0.797. The van der Waals surface area contributed by atoms with E-state index in [2.05, 4.69) is 13.2 Å². The predicted molar refractivity (Wildman–Crippen MR) is 41.4 cm³/mol. The molecule has 0 aliphatic carbocycles. The van der Waals surface area contributed by atoms with Gasteiger partial charge in [-0.2, -0.15) is 0 Å². The normalized spacial score (nSPS) is 6.60. The van der Waals surface area contributed by atoms with Gasteiger partial charge in [0.2, 0.25) is 0 Å². The van der Waals surface area contributed by atoms with Crippen molar-refractivity contribution in [3.05, 3.63) is 18.7 Å². The van der Waals surface area contributed by atoms with Crippen LogP contribution in [0.15, 0.2) is 18.7 Å². The van der Waals surface area contributed by atoms with Crippen molar-refractivity contribution in [3.8, 4) is 0 Å². The minimum absolute atomic E-state index is 0.153. The molecule has 0 atom stereocenters. The topological polar surface area (TPSA) is 34.1 Å². The van der Waals surface area contributed by atoms with Gasteiger partial charge in [-0.25, -0.2) is 4.79 Å². The summed E-state index contributed by atoms with van der Waals surface area (Å²) in [7, 11) is 0. The third kappa shape index (κ3) is 9.97. The predicted octanol–water partition coefficient (Wildman–Crippen LogP) is 1.55. The van der Waals surface area contributed by atoms with Crippen LogP contribution in [0.4, 0.5) is 0 Å². The standard InChI is InChI=1S/C6H10O.C2H2O/c1-4-6(7)5(2)3;1-2-3/h2,4H2,1,3H3;1H2. The van der Waals surface area contributed by atoms with E-state index in [1.54, 1.807) is 6.92 Å². The Labute approximate surface area is 61.2 Å². The molecule has 0 saturated heterocycles. The molecule has 0 amide bonds. The van der Waals surface area contributed by atoms with Crippen molar-refractivity contribution in [3.63, 3.8) is 0 Å². The van der Waals surface area contributed by atoms with Gasteiger partial charge >= 0.3 is 0 Å². The van der Waals surface area contributed by atoms with Crippen molar-refractivity contribution >= 4 is 11.7 Å². The van der Waals surface area contributed by atoms with E-state index >= 15 is 0 Å². The first-order valence-corrected chi connectivity index (χ1v) is 2.93. The van der Waals surface area contributed by atoms with Crippen LogP contribution in [0.3, 0.4) is 0 Å². The van der Waals surface area contributed by atoms with Gasteiger partial charge in [0, 0.05) is 6.42 Å². The number of Topliss-reactive ketones (excluding diaryl/α,β-unsaturated/α-hetero) is 1. The molecule has 0 aromatic carbocycles. The van der Waals surface area contributed by atoms with Crippen LogP contribution >= 0.6 is 0 Å². The average molecular weight is 140 g/mol. The van der Waals surface area contributed by atoms with E-state index in [1.807, 2.05) is 6.92 Å². The van der Waals surface area contributed by atoms with E-state index in [0.29, 0.717) is 12.0 Å². The van der Waals surface area contributed by atoms with E-state index in [9.17, 15) is 4.79 Å². The van der Waals surface area contributed by atoms with Crippen LogP contribution in [-0.4, -0.2) is 11.7 Å². The van der Waals surface area contributed by atoms with Crippen LogP contribution in [0.1, 0.15) is 20.3 Å². The van der Waals surface area contributed by atoms with Gasteiger partial charge in [-0.15, -0.1) is 0 Å². The van der Waals surface area contributed by atoms with Crippen molar-refractivity contribution < 1.29 is 9.59 Å². The van der Waals surface area contributed by atoms with Gasteiger partial charge in [-0.1, -0.05) is 13.5 Å². The van der Waals surface area contributed by atoms with Gasteiger partial charge in [0.25, 0.3) is 0 Å². The smallest absolute Gasteiger partial charge is 0.157 e. The Kier molecular flexibility index (Phi) is 9.14. The van der Waals surface area contributed by atoms with Crippen molar-refractivity contribution in [2.24, 2.45) is 0 Å². The molecule has 0 aliphatic rings. The molecule has 2 nitrogen and oxygen atoms in total. The van der Waals surface area contributed by atoms with E-state index in [4.69, 9.17) is 4.79 Å². The molecule has 0 aromatic heterocycles. The first kappa shape index (κ1) is 11.6. The Bertz CT molecular complexity index is 151. The van der Waals surface area contributed by atoms with E-state index in [-0.39, 0.29) is 5.78 Å². The second-order valence-electron chi connectivity index (χ2n) is 1.70. The Balaban J connectivity index is 0. The summed E-state index contributed by atoms with van der Waals surface area (Å²) in [5, 5.41) is 0. The van der Waals surface area contributed by atoms with E-state index < -0.39 is 0 Å².